The lowest BCUT2D eigenvalue weighted by Gasteiger charge is -2.08. The molecule has 0 saturated carbocycles. The van der Waals surface area contributed by atoms with Crippen LogP contribution in [-0.2, 0) is 6.61 Å². The Bertz CT molecular complexity index is 1130. The van der Waals surface area contributed by atoms with Crippen molar-refractivity contribution in [2.24, 2.45) is 0 Å². The molecule has 1 aliphatic rings. The van der Waals surface area contributed by atoms with Gasteiger partial charge in [-0.3, -0.25) is 4.79 Å². The number of ether oxygens (including phenoxy) is 5. The number of hydrogen-bond donors (Lipinski definition) is 0. The van der Waals surface area contributed by atoms with E-state index in [0.717, 1.165) is 16.9 Å². The molecule has 3 aromatic rings. The van der Waals surface area contributed by atoms with Gasteiger partial charge in [0, 0.05) is 17.7 Å². The highest BCUT2D eigenvalue weighted by Crippen LogP contribution is 2.36. The number of Topliss-reactive ketones (excluding diaryl/α,β-unsaturated/α-hetero) is 1. The van der Waals surface area contributed by atoms with Crippen molar-refractivity contribution in [1.82, 2.24) is 0 Å². The van der Waals surface area contributed by atoms with Gasteiger partial charge >= 0.3 is 0 Å². The highest BCUT2D eigenvalue weighted by atomic mass is 16.5. The number of hydrogen-bond acceptors (Lipinski definition) is 6. The molecule has 0 amide bonds. The first-order valence-corrected chi connectivity index (χ1v) is 9.67. The highest BCUT2D eigenvalue weighted by Gasteiger charge is 2.28. The van der Waals surface area contributed by atoms with E-state index < -0.39 is 0 Å². The predicted octanol–water partition coefficient (Wildman–Crippen LogP) is 4.91. The van der Waals surface area contributed by atoms with Crippen molar-refractivity contribution in [3.05, 3.63) is 83.1 Å². The monoisotopic (exact) mass is 418 g/mol. The van der Waals surface area contributed by atoms with Crippen molar-refractivity contribution in [2.45, 2.75) is 6.61 Å². The third-order valence-corrected chi connectivity index (χ3v) is 4.93. The molecular formula is C25H22O6. The maximum Gasteiger partial charge on any atom is 0.231 e. The van der Waals surface area contributed by atoms with Crippen molar-refractivity contribution in [2.75, 3.05) is 21.3 Å². The minimum Gasteiger partial charge on any atom is -0.497 e. The van der Waals surface area contributed by atoms with Crippen LogP contribution in [0.4, 0.5) is 0 Å². The fourth-order valence-electron chi connectivity index (χ4n) is 3.22. The van der Waals surface area contributed by atoms with Crippen LogP contribution in [0.5, 0.6) is 28.7 Å². The molecule has 3 aromatic carbocycles. The van der Waals surface area contributed by atoms with Gasteiger partial charge in [-0.25, -0.2) is 0 Å². The van der Waals surface area contributed by atoms with Gasteiger partial charge in [-0.05, 0) is 48.0 Å². The van der Waals surface area contributed by atoms with Crippen LogP contribution in [0.15, 0.2) is 66.4 Å². The number of allylic oxidation sites excluding steroid dienone is 1. The lowest BCUT2D eigenvalue weighted by Crippen LogP contribution is -1.99. The molecule has 1 aliphatic heterocycles. The smallest absolute Gasteiger partial charge is 0.231 e. The summed E-state index contributed by atoms with van der Waals surface area (Å²) in [5.74, 6) is 3.17. The summed E-state index contributed by atoms with van der Waals surface area (Å²) in [6, 6.07) is 18.2. The fraction of sp³-hybridized carbons (Fsp3) is 0.160. The van der Waals surface area contributed by atoms with E-state index in [-0.39, 0.29) is 11.5 Å². The Morgan fingerprint density at radius 3 is 2.23 bits per heavy atom. The topological polar surface area (TPSA) is 63.2 Å². The first kappa shape index (κ1) is 20.3. The standard InChI is InChI=1S/C25H22O6/c1-27-18-7-4-16(5-8-18)15-30-20-10-11-21-23(14-20)31-24(25(21)26)12-17-6-9-19(28-2)13-22(17)29-3/h4-14H,15H2,1-3H3/b24-12-. The molecule has 0 bridgehead atoms. The Labute approximate surface area is 180 Å². The molecule has 0 unspecified atom stereocenters. The zero-order valence-electron chi connectivity index (χ0n) is 17.5. The van der Waals surface area contributed by atoms with E-state index in [4.69, 9.17) is 23.7 Å². The maximum absolute atomic E-state index is 12.8. The molecule has 158 valence electrons. The van der Waals surface area contributed by atoms with Crippen LogP contribution in [0.2, 0.25) is 0 Å². The summed E-state index contributed by atoms with van der Waals surface area (Å²) in [5, 5.41) is 0. The molecule has 4 rings (SSSR count). The number of benzene rings is 3. The van der Waals surface area contributed by atoms with Gasteiger partial charge in [-0.2, -0.15) is 0 Å². The number of carbonyl (C=O) groups excluding carboxylic acids is 1. The molecule has 0 atom stereocenters. The van der Waals surface area contributed by atoms with Crippen LogP contribution in [0.25, 0.3) is 6.08 Å². The molecule has 31 heavy (non-hydrogen) atoms. The van der Waals surface area contributed by atoms with Crippen molar-refractivity contribution in [1.29, 1.82) is 0 Å². The summed E-state index contributed by atoms with van der Waals surface area (Å²) in [6.45, 7) is 0.391. The Kier molecular flexibility index (Phi) is 5.80. The van der Waals surface area contributed by atoms with Crippen molar-refractivity contribution >= 4 is 11.9 Å². The quantitative estimate of drug-likeness (QED) is 0.508. The second-order valence-corrected chi connectivity index (χ2v) is 6.84. The van der Waals surface area contributed by atoms with Gasteiger partial charge in [0.2, 0.25) is 5.78 Å². The average molecular weight is 418 g/mol. The largest absolute Gasteiger partial charge is 0.497 e. The van der Waals surface area contributed by atoms with Gasteiger partial charge in [0.25, 0.3) is 0 Å². The summed E-state index contributed by atoms with van der Waals surface area (Å²) in [4.78, 5) is 12.8. The van der Waals surface area contributed by atoms with Crippen LogP contribution in [0.3, 0.4) is 0 Å². The zero-order chi connectivity index (χ0) is 21.8. The van der Waals surface area contributed by atoms with Crippen LogP contribution in [0.1, 0.15) is 21.5 Å². The Morgan fingerprint density at radius 2 is 1.52 bits per heavy atom. The summed E-state index contributed by atoms with van der Waals surface area (Å²) in [5.41, 5.74) is 2.22. The molecule has 0 aliphatic carbocycles. The molecular weight excluding hydrogens is 396 g/mol. The first-order valence-electron chi connectivity index (χ1n) is 9.67. The van der Waals surface area contributed by atoms with Crippen LogP contribution in [-0.4, -0.2) is 27.1 Å². The molecule has 0 spiro atoms. The van der Waals surface area contributed by atoms with Gasteiger partial charge in [-0.15, -0.1) is 0 Å². The summed E-state index contributed by atoms with van der Waals surface area (Å²) in [6.07, 6.45) is 1.67. The number of methoxy groups -OCH3 is 3. The molecule has 0 fully saturated rings. The van der Waals surface area contributed by atoms with Crippen LogP contribution < -0.4 is 23.7 Å². The number of rotatable bonds is 7. The Morgan fingerprint density at radius 1 is 0.806 bits per heavy atom. The van der Waals surface area contributed by atoms with E-state index in [1.54, 1.807) is 57.7 Å². The second-order valence-electron chi connectivity index (χ2n) is 6.84. The molecule has 0 aromatic heterocycles. The third kappa shape index (κ3) is 4.33. The lowest BCUT2D eigenvalue weighted by molar-refractivity contribution is 0.101. The third-order valence-electron chi connectivity index (χ3n) is 4.93. The normalized spacial score (nSPS) is 13.5. The molecule has 6 nitrogen and oxygen atoms in total. The molecule has 1 heterocycles. The summed E-state index contributed by atoms with van der Waals surface area (Å²) >= 11 is 0. The van der Waals surface area contributed by atoms with Crippen LogP contribution in [0, 0.1) is 0 Å². The Balaban J connectivity index is 1.50. The summed E-state index contributed by atoms with van der Waals surface area (Å²) < 4.78 is 27.5. The molecule has 6 heteroatoms. The van der Waals surface area contributed by atoms with E-state index in [9.17, 15) is 4.79 Å². The number of ketones is 1. The molecule has 0 saturated heterocycles. The van der Waals surface area contributed by atoms with E-state index >= 15 is 0 Å². The molecule has 0 radical (unpaired) electrons. The van der Waals surface area contributed by atoms with Crippen molar-refractivity contribution in [3.63, 3.8) is 0 Å². The highest BCUT2D eigenvalue weighted by molar-refractivity contribution is 6.14. The maximum atomic E-state index is 12.8. The SMILES string of the molecule is COc1ccc(COc2ccc3c(c2)O/C(=C\c2ccc(OC)cc2OC)C3=O)cc1. The number of carbonyl (C=O) groups is 1. The lowest BCUT2D eigenvalue weighted by atomic mass is 10.1. The summed E-state index contributed by atoms with van der Waals surface area (Å²) in [7, 11) is 4.78. The number of fused-ring (bicyclic) bond motifs is 1. The van der Waals surface area contributed by atoms with Crippen molar-refractivity contribution < 1.29 is 28.5 Å². The van der Waals surface area contributed by atoms with Gasteiger partial charge in [0.1, 0.15) is 35.4 Å². The van der Waals surface area contributed by atoms with E-state index in [0.29, 0.717) is 35.2 Å². The minimum atomic E-state index is -0.186. The van der Waals surface area contributed by atoms with E-state index in [1.807, 2.05) is 30.3 Å². The minimum absolute atomic E-state index is 0.186. The average Bonchev–Trinajstić information content (AvgIpc) is 3.12. The van der Waals surface area contributed by atoms with Crippen molar-refractivity contribution in [3.8, 4) is 28.7 Å². The van der Waals surface area contributed by atoms with Gasteiger partial charge in [0.15, 0.2) is 5.76 Å². The van der Waals surface area contributed by atoms with Gasteiger partial charge < -0.3 is 23.7 Å². The first-order chi connectivity index (χ1) is 15.1. The Hall–Kier alpha value is -3.93. The fourth-order valence-corrected chi connectivity index (χ4v) is 3.22. The molecule has 0 N–H and O–H groups in total. The predicted molar refractivity (Wildman–Crippen MR) is 116 cm³/mol. The van der Waals surface area contributed by atoms with Gasteiger partial charge in [-0.1, -0.05) is 12.1 Å². The van der Waals surface area contributed by atoms with E-state index in [1.165, 1.54) is 0 Å². The van der Waals surface area contributed by atoms with Gasteiger partial charge in [0.05, 0.1) is 26.9 Å². The van der Waals surface area contributed by atoms with Crippen LogP contribution >= 0.6 is 0 Å². The zero-order valence-corrected chi connectivity index (χ0v) is 17.5. The van der Waals surface area contributed by atoms with E-state index in [2.05, 4.69) is 0 Å². The second kappa shape index (κ2) is 8.83.